The number of allylic oxidation sites excluding steroid dienone is 12. The number of rotatable bonds is 44. The van der Waals surface area contributed by atoms with Crippen LogP contribution in [-0.4, -0.2) is 37.9 Å². The Morgan fingerprint density at radius 2 is 0.776 bits per heavy atom. The molecule has 0 saturated heterocycles. The van der Waals surface area contributed by atoms with Gasteiger partial charge in [0.1, 0.15) is 6.61 Å². The molecule has 0 fully saturated rings. The minimum atomic E-state index is -0.552. The van der Waals surface area contributed by atoms with Crippen molar-refractivity contribution < 1.29 is 23.8 Å². The van der Waals surface area contributed by atoms with Crippen molar-refractivity contribution in [2.75, 3.05) is 19.8 Å². The van der Waals surface area contributed by atoms with E-state index in [4.69, 9.17) is 14.2 Å². The lowest BCUT2D eigenvalue weighted by atomic mass is 10.1. The lowest BCUT2D eigenvalue weighted by Gasteiger charge is -2.18. The first-order valence-electron chi connectivity index (χ1n) is 24.5. The van der Waals surface area contributed by atoms with Crippen molar-refractivity contribution in [2.24, 2.45) is 0 Å². The summed E-state index contributed by atoms with van der Waals surface area (Å²) in [5.74, 6) is -0.426. The van der Waals surface area contributed by atoms with Crippen molar-refractivity contribution >= 4 is 11.9 Å². The average molecular weight is 809 g/mol. The Morgan fingerprint density at radius 1 is 0.397 bits per heavy atom. The summed E-state index contributed by atoms with van der Waals surface area (Å²) in [6.07, 6.45) is 61.9. The Kier molecular flexibility index (Phi) is 46.5. The highest BCUT2D eigenvalue weighted by Gasteiger charge is 2.17. The van der Waals surface area contributed by atoms with Crippen LogP contribution in [-0.2, 0) is 23.8 Å². The third kappa shape index (κ3) is 46.0. The summed E-state index contributed by atoms with van der Waals surface area (Å²) in [7, 11) is 0. The van der Waals surface area contributed by atoms with Crippen LogP contribution in [0.4, 0.5) is 0 Å². The number of carbonyl (C=O) groups excluding carboxylic acids is 2. The van der Waals surface area contributed by atoms with Crippen molar-refractivity contribution in [1.82, 2.24) is 0 Å². The summed E-state index contributed by atoms with van der Waals surface area (Å²) >= 11 is 0. The van der Waals surface area contributed by atoms with Crippen LogP contribution >= 0.6 is 0 Å². The summed E-state index contributed by atoms with van der Waals surface area (Å²) in [5, 5.41) is 0. The molecule has 0 saturated carbocycles. The third-order valence-electron chi connectivity index (χ3n) is 10.2. The zero-order valence-corrected chi connectivity index (χ0v) is 38.3. The molecule has 0 aromatic heterocycles. The minimum Gasteiger partial charge on any atom is -0.462 e. The maximum atomic E-state index is 12.7. The lowest BCUT2D eigenvalue weighted by Crippen LogP contribution is -2.30. The van der Waals surface area contributed by atoms with E-state index < -0.39 is 6.10 Å². The molecular weight excluding hydrogens is 717 g/mol. The van der Waals surface area contributed by atoms with E-state index in [0.29, 0.717) is 19.4 Å². The predicted octanol–water partition coefficient (Wildman–Crippen LogP) is 16.3. The Bertz CT molecular complexity index is 1050. The van der Waals surface area contributed by atoms with Gasteiger partial charge in [-0.15, -0.1) is 0 Å². The fourth-order valence-corrected chi connectivity index (χ4v) is 6.59. The Hall–Kier alpha value is -2.66. The van der Waals surface area contributed by atoms with E-state index in [1.54, 1.807) is 0 Å². The van der Waals surface area contributed by atoms with Crippen molar-refractivity contribution in [1.29, 1.82) is 0 Å². The van der Waals surface area contributed by atoms with Crippen molar-refractivity contribution in [3.8, 4) is 0 Å². The fourth-order valence-electron chi connectivity index (χ4n) is 6.59. The maximum Gasteiger partial charge on any atom is 0.306 e. The molecule has 0 amide bonds. The summed E-state index contributed by atoms with van der Waals surface area (Å²) in [6.45, 7) is 7.61. The van der Waals surface area contributed by atoms with Gasteiger partial charge in [-0.3, -0.25) is 9.59 Å². The van der Waals surface area contributed by atoms with E-state index in [1.165, 1.54) is 103 Å². The molecule has 58 heavy (non-hydrogen) atoms. The quantitative estimate of drug-likeness (QED) is 0.0348. The van der Waals surface area contributed by atoms with E-state index in [1.807, 2.05) is 0 Å². The van der Waals surface area contributed by atoms with Crippen LogP contribution in [0.1, 0.15) is 226 Å². The maximum absolute atomic E-state index is 12.7. The molecule has 334 valence electrons. The van der Waals surface area contributed by atoms with E-state index in [0.717, 1.165) is 89.9 Å². The van der Waals surface area contributed by atoms with Crippen molar-refractivity contribution in [3.05, 3.63) is 72.9 Å². The topological polar surface area (TPSA) is 61.8 Å². The van der Waals surface area contributed by atoms with Gasteiger partial charge >= 0.3 is 11.9 Å². The van der Waals surface area contributed by atoms with Gasteiger partial charge < -0.3 is 14.2 Å². The molecule has 5 heteroatoms. The van der Waals surface area contributed by atoms with Crippen LogP contribution in [0.15, 0.2) is 72.9 Å². The monoisotopic (exact) mass is 809 g/mol. The second-order valence-electron chi connectivity index (χ2n) is 16.0. The number of ether oxygens (including phenoxy) is 3. The minimum absolute atomic E-state index is 0.0682. The molecule has 0 bridgehead atoms. The molecular formula is C53H92O5. The largest absolute Gasteiger partial charge is 0.462 e. The van der Waals surface area contributed by atoms with Crippen LogP contribution in [0.25, 0.3) is 0 Å². The fraction of sp³-hybridized carbons (Fsp3) is 0.736. The van der Waals surface area contributed by atoms with Crippen LogP contribution in [0.5, 0.6) is 0 Å². The Morgan fingerprint density at radius 3 is 1.28 bits per heavy atom. The first kappa shape index (κ1) is 55.3. The third-order valence-corrected chi connectivity index (χ3v) is 10.2. The first-order valence-corrected chi connectivity index (χ1v) is 24.5. The van der Waals surface area contributed by atoms with Gasteiger partial charge in [-0.25, -0.2) is 0 Å². The second kappa shape index (κ2) is 48.7. The van der Waals surface area contributed by atoms with Gasteiger partial charge in [0.05, 0.1) is 6.61 Å². The molecule has 1 atom stereocenters. The Labute approximate surface area is 359 Å². The molecule has 0 aromatic carbocycles. The van der Waals surface area contributed by atoms with Crippen LogP contribution in [0.2, 0.25) is 0 Å². The second-order valence-corrected chi connectivity index (χ2v) is 16.0. The zero-order valence-electron chi connectivity index (χ0n) is 38.3. The smallest absolute Gasteiger partial charge is 0.306 e. The van der Waals surface area contributed by atoms with Crippen molar-refractivity contribution in [2.45, 2.75) is 232 Å². The highest BCUT2D eigenvalue weighted by Crippen LogP contribution is 2.13. The Balaban J connectivity index is 4.24. The van der Waals surface area contributed by atoms with Gasteiger partial charge in [-0.2, -0.15) is 0 Å². The highest BCUT2D eigenvalue weighted by molar-refractivity contribution is 5.70. The molecule has 0 aliphatic heterocycles. The predicted molar refractivity (Wildman–Crippen MR) is 251 cm³/mol. The SMILES string of the molecule is CC/C=C\C/C=C\C/C=C\CCCCCCOCC(COC(=O)CCCCCCCC/C=C\C/C=C\C/C=C\CCCCC)OC(=O)CCCCCCCCCCC. The molecule has 0 heterocycles. The van der Waals surface area contributed by atoms with E-state index in [2.05, 4.69) is 93.7 Å². The molecule has 0 radical (unpaired) electrons. The standard InChI is InChI=1S/C53H92O5/c1-4-7-10-13-16-19-21-23-25-26-27-28-29-30-32-35-37-40-43-46-52(54)57-50-51(58-53(55)47-44-41-38-34-18-15-12-9-6-3)49-56-48-45-42-39-36-33-31-24-22-20-17-14-11-8-5-2/h8,11,16-17,19-20,23-25,27-28,31,51H,4-7,9-10,12-15,18,21-22,26,29-30,32-50H2,1-3H3/b11-8-,19-16-,20-17-,25-23-,28-27-,31-24-. The van der Waals surface area contributed by atoms with Crippen molar-refractivity contribution in [3.63, 3.8) is 0 Å². The molecule has 5 nitrogen and oxygen atoms in total. The molecule has 0 aliphatic rings. The average Bonchev–Trinajstić information content (AvgIpc) is 3.22. The molecule has 0 rings (SSSR count). The number of hydrogen-bond acceptors (Lipinski definition) is 5. The molecule has 0 spiro atoms. The van der Waals surface area contributed by atoms with Crippen LogP contribution in [0.3, 0.4) is 0 Å². The lowest BCUT2D eigenvalue weighted by molar-refractivity contribution is -0.163. The number of esters is 2. The first-order chi connectivity index (χ1) is 28.6. The number of hydrogen-bond donors (Lipinski definition) is 0. The molecule has 1 unspecified atom stereocenters. The molecule has 0 N–H and O–H groups in total. The van der Waals surface area contributed by atoms with Crippen LogP contribution < -0.4 is 0 Å². The molecule has 0 aromatic rings. The van der Waals surface area contributed by atoms with Crippen LogP contribution in [0, 0.1) is 0 Å². The van der Waals surface area contributed by atoms with Gasteiger partial charge in [0.15, 0.2) is 6.10 Å². The van der Waals surface area contributed by atoms with E-state index in [-0.39, 0.29) is 25.2 Å². The van der Waals surface area contributed by atoms with E-state index >= 15 is 0 Å². The molecule has 0 aliphatic carbocycles. The van der Waals surface area contributed by atoms with Gasteiger partial charge in [0, 0.05) is 19.4 Å². The highest BCUT2D eigenvalue weighted by atomic mass is 16.6. The van der Waals surface area contributed by atoms with Gasteiger partial charge in [-0.05, 0) is 89.9 Å². The summed E-state index contributed by atoms with van der Waals surface area (Å²) in [6, 6.07) is 0. The van der Waals surface area contributed by atoms with Gasteiger partial charge in [-0.1, -0.05) is 196 Å². The number of carbonyl (C=O) groups is 2. The zero-order chi connectivity index (χ0) is 42.1. The normalized spacial score (nSPS) is 12.8. The summed E-state index contributed by atoms with van der Waals surface area (Å²) in [5.41, 5.74) is 0. The summed E-state index contributed by atoms with van der Waals surface area (Å²) < 4.78 is 17.3. The number of unbranched alkanes of at least 4 members (excludes halogenated alkanes) is 21. The summed E-state index contributed by atoms with van der Waals surface area (Å²) in [4.78, 5) is 25.3. The van der Waals surface area contributed by atoms with Gasteiger partial charge in [0.2, 0.25) is 0 Å². The van der Waals surface area contributed by atoms with Gasteiger partial charge in [0.25, 0.3) is 0 Å². The van der Waals surface area contributed by atoms with E-state index in [9.17, 15) is 9.59 Å².